The van der Waals surface area contributed by atoms with Crippen LogP contribution in [-0.2, 0) is 7.05 Å². The normalized spacial score (nSPS) is 22.7. The molecule has 1 unspecified atom stereocenters. The van der Waals surface area contributed by atoms with Crippen molar-refractivity contribution in [3.8, 4) is 0 Å². The zero-order chi connectivity index (χ0) is 17.6. The Morgan fingerprint density at radius 2 is 2.04 bits per heavy atom. The topological polar surface area (TPSA) is 77.1 Å². The van der Waals surface area contributed by atoms with Gasteiger partial charge in [-0.3, -0.25) is 4.79 Å². The molecule has 0 aromatic carbocycles. The monoisotopic (exact) mass is 343 g/mol. The maximum Gasteiger partial charge on any atom is 0.259 e. The van der Waals surface area contributed by atoms with Crippen molar-refractivity contribution < 1.29 is 9.32 Å². The van der Waals surface area contributed by atoms with E-state index in [2.05, 4.69) is 15.4 Å². The highest BCUT2D eigenvalue weighted by Crippen LogP contribution is 2.51. The average molecular weight is 343 g/mol. The Morgan fingerprint density at radius 1 is 1.28 bits per heavy atom. The molecule has 1 aliphatic carbocycles. The molecule has 0 radical (unpaired) electrons. The molecule has 1 atom stereocenters. The van der Waals surface area contributed by atoms with Crippen LogP contribution in [0.4, 0.5) is 0 Å². The summed E-state index contributed by atoms with van der Waals surface area (Å²) in [5.41, 5.74) is 1.40. The molecule has 7 nitrogen and oxygen atoms in total. The van der Waals surface area contributed by atoms with Crippen LogP contribution in [0.15, 0.2) is 10.9 Å². The van der Waals surface area contributed by atoms with Gasteiger partial charge in [0.1, 0.15) is 23.5 Å². The van der Waals surface area contributed by atoms with Crippen LogP contribution < -0.4 is 0 Å². The van der Waals surface area contributed by atoms with E-state index in [9.17, 15) is 4.79 Å². The lowest BCUT2D eigenvalue weighted by Gasteiger charge is -2.37. The van der Waals surface area contributed by atoms with Gasteiger partial charge in [0, 0.05) is 26.1 Å². The summed E-state index contributed by atoms with van der Waals surface area (Å²) >= 11 is 0. The maximum atomic E-state index is 13.2. The van der Waals surface area contributed by atoms with Gasteiger partial charge in [-0.15, -0.1) is 10.2 Å². The predicted octanol–water partition coefficient (Wildman–Crippen LogP) is 2.61. The van der Waals surface area contributed by atoms with Crippen molar-refractivity contribution in [1.29, 1.82) is 0 Å². The maximum absolute atomic E-state index is 13.2. The first kappa shape index (κ1) is 16.3. The highest BCUT2D eigenvalue weighted by molar-refractivity contribution is 5.96. The van der Waals surface area contributed by atoms with Crippen LogP contribution >= 0.6 is 0 Å². The first-order chi connectivity index (χ1) is 12.0. The number of hydrogen-bond donors (Lipinski definition) is 0. The van der Waals surface area contributed by atoms with Gasteiger partial charge in [0.05, 0.1) is 5.69 Å². The average Bonchev–Trinajstić information content (AvgIpc) is 3.26. The van der Waals surface area contributed by atoms with Crippen molar-refractivity contribution >= 4 is 5.91 Å². The summed E-state index contributed by atoms with van der Waals surface area (Å²) < 4.78 is 7.21. The highest BCUT2D eigenvalue weighted by atomic mass is 16.5. The van der Waals surface area contributed by atoms with E-state index in [1.54, 1.807) is 13.3 Å². The standard InChI is InChI=1S/C18H25N5O2/c1-12-15(13(2)25-21-12)17(24)23-9-14(16-20-19-11-22(16)3)18(10-23)7-5-4-6-8-18/h11,14H,4-10H2,1-3H3. The van der Waals surface area contributed by atoms with E-state index < -0.39 is 0 Å². The number of carbonyl (C=O) groups excluding carboxylic acids is 1. The van der Waals surface area contributed by atoms with Crippen molar-refractivity contribution in [3.63, 3.8) is 0 Å². The van der Waals surface area contributed by atoms with Crippen molar-refractivity contribution in [1.82, 2.24) is 24.8 Å². The largest absolute Gasteiger partial charge is 0.361 e. The molecule has 0 bridgehead atoms. The molecule has 4 rings (SSSR count). The third-order valence-electron chi connectivity index (χ3n) is 6.09. The molecule has 1 saturated carbocycles. The zero-order valence-corrected chi connectivity index (χ0v) is 15.2. The molecule has 3 heterocycles. The van der Waals surface area contributed by atoms with Crippen molar-refractivity contribution in [2.45, 2.75) is 51.9 Å². The smallest absolute Gasteiger partial charge is 0.259 e. The van der Waals surface area contributed by atoms with Gasteiger partial charge >= 0.3 is 0 Å². The lowest BCUT2D eigenvalue weighted by molar-refractivity contribution is 0.0756. The number of aryl methyl sites for hydroxylation is 3. The summed E-state index contributed by atoms with van der Waals surface area (Å²) in [6, 6.07) is 0. The van der Waals surface area contributed by atoms with Crippen LogP contribution in [0.1, 0.15) is 65.7 Å². The summed E-state index contributed by atoms with van der Waals surface area (Å²) in [4.78, 5) is 15.1. The number of hydrogen-bond acceptors (Lipinski definition) is 5. The SMILES string of the molecule is Cc1noc(C)c1C(=O)N1CC(c2nncn2C)C2(CCCCC2)C1. The second-order valence-electron chi connectivity index (χ2n) is 7.66. The predicted molar refractivity (Wildman–Crippen MR) is 91.1 cm³/mol. The van der Waals surface area contributed by atoms with Gasteiger partial charge < -0.3 is 14.0 Å². The van der Waals surface area contributed by atoms with E-state index in [0.717, 1.165) is 25.2 Å². The quantitative estimate of drug-likeness (QED) is 0.838. The number of nitrogens with zero attached hydrogens (tertiary/aromatic N) is 5. The van der Waals surface area contributed by atoms with E-state index >= 15 is 0 Å². The van der Waals surface area contributed by atoms with Gasteiger partial charge in [0.15, 0.2) is 0 Å². The van der Waals surface area contributed by atoms with Gasteiger partial charge in [-0.25, -0.2) is 0 Å². The number of likely N-dealkylation sites (tertiary alicyclic amines) is 1. The number of carbonyl (C=O) groups is 1. The van der Waals surface area contributed by atoms with E-state index in [1.807, 2.05) is 23.4 Å². The third-order valence-corrected chi connectivity index (χ3v) is 6.09. The highest BCUT2D eigenvalue weighted by Gasteiger charge is 2.50. The number of aromatic nitrogens is 4. The zero-order valence-electron chi connectivity index (χ0n) is 15.2. The van der Waals surface area contributed by atoms with E-state index in [-0.39, 0.29) is 17.2 Å². The minimum Gasteiger partial charge on any atom is -0.361 e. The Kier molecular flexibility index (Phi) is 3.89. The molecular formula is C18H25N5O2. The summed E-state index contributed by atoms with van der Waals surface area (Å²) in [5, 5.41) is 12.4. The van der Waals surface area contributed by atoms with Gasteiger partial charge in [0.25, 0.3) is 5.91 Å². The minimum atomic E-state index is 0.0332. The molecule has 1 spiro atoms. The fourth-order valence-corrected chi connectivity index (χ4v) is 4.80. The Labute approximate surface area is 147 Å². The number of rotatable bonds is 2. The fourth-order valence-electron chi connectivity index (χ4n) is 4.80. The van der Waals surface area contributed by atoms with Crippen LogP contribution in [0, 0.1) is 19.3 Å². The van der Waals surface area contributed by atoms with Crippen molar-refractivity contribution in [2.24, 2.45) is 12.5 Å². The van der Waals surface area contributed by atoms with Gasteiger partial charge in [0.2, 0.25) is 0 Å². The number of amides is 1. The van der Waals surface area contributed by atoms with Crippen LogP contribution in [0.3, 0.4) is 0 Å². The molecule has 2 aromatic rings. The van der Waals surface area contributed by atoms with Crippen LogP contribution in [0.2, 0.25) is 0 Å². The Bertz CT molecular complexity index is 768. The first-order valence-electron chi connectivity index (χ1n) is 9.08. The van der Waals surface area contributed by atoms with Crippen LogP contribution in [0.5, 0.6) is 0 Å². The lowest BCUT2D eigenvalue weighted by atomic mass is 9.67. The van der Waals surface area contributed by atoms with Crippen LogP contribution in [-0.4, -0.2) is 43.8 Å². The molecule has 1 amide bonds. The molecule has 2 fully saturated rings. The molecule has 0 N–H and O–H groups in total. The summed E-state index contributed by atoms with van der Waals surface area (Å²) in [5.74, 6) is 1.87. The van der Waals surface area contributed by atoms with Gasteiger partial charge in [-0.2, -0.15) is 0 Å². The molecule has 134 valence electrons. The Morgan fingerprint density at radius 3 is 2.64 bits per heavy atom. The summed E-state index contributed by atoms with van der Waals surface area (Å²) in [6.45, 7) is 5.11. The van der Waals surface area contributed by atoms with E-state index in [0.29, 0.717) is 23.6 Å². The van der Waals surface area contributed by atoms with Crippen LogP contribution in [0.25, 0.3) is 0 Å². The summed E-state index contributed by atoms with van der Waals surface area (Å²) in [6.07, 6.45) is 7.78. The second kappa shape index (κ2) is 5.97. The van der Waals surface area contributed by atoms with Crippen molar-refractivity contribution in [2.75, 3.05) is 13.1 Å². The summed E-state index contributed by atoms with van der Waals surface area (Å²) in [7, 11) is 1.99. The van der Waals surface area contributed by atoms with E-state index in [1.165, 1.54) is 19.3 Å². The third kappa shape index (κ3) is 2.56. The van der Waals surface area contributed by atoms with Gasteiger partial charge in [-0.1, -0.05) is 24.4 Å². The molecule has 25 heavy (non-hydrogen) atoms. The first-order valence-corrected chi connectivity index (χ1v) is 9.08. The molecular weight excluding hydrogens is 318 g/mol. The Balaban J connectivity index is 1.68. The second-order valence-corrected chi connectivity index (χ2v) is 7.66. The minimum absolute atomic E-state index is 0.0332. The molecule has 7 heteroatoms. The molecule has 2 aliphatic rings. The molecule has 2 aromatic heterocycles. The van der Waals surface area contributed by atoms with E-state index in [4.69, 9.17) is 4.52 Å². The fraction of sp³-hybridized carbons (Fsp3) is 0.667. The Hall–Kier alpha value is -2.18. The molecule has 1 saturated heterocycles. The van der Waals surface area contributed by atoms with Gasteiger partial charge in [-0.05, 0) is 32.1 Å². The molecule has 1 aliphatic heterocycles. The van der Waals surface area contributed by atoms with Crippen molar-refractivity contribution in [3.05, 3.63) is 29.2 Å². The lowest BCUT2D eigenvalue weighted by Crippen LogP contribution is -2.34.